The zero-order chi connectivity index (χ0) is 13.5. The van der Waals surface area contributed by atoms with Crippen LogP contribution >= 0.6 is 0 Å². The molecule has 1 aromatic carbocycles. The number of nitroso groups, excluding NO2 is 1. The number of para-hydroxylation sites is 1. The average Bonchev–Trinajstić information content (AvgIpc) is 2.73. The molecule has 0 aliphatic heterocycles. The minimum Gasteiger partial charge on any atom is -0.493 e. The van der Waals surface area contributed by atoms with Crippen LogP contribution in [0.1, 0.15) is 0 Å². The summed E-state index contributed by atoms with van der Waals surface area (Å²) < 4.78 is 0. The van der Waals surface area contributed by atoms with Crippen molar-refractivity contribution in [1.29, 1.82) is 0 Å². The van der Waals surface area contributed by atoms with E-state index in [0.29, 0.717) is 10.9 Å². The Labute approximate surface area is 102 Å². The molecular weight excluding hydrogens is 238 g/mol. The Hall–Kier alpha value is -2.67. The van der Waals surface area contributed by atoms with E-state index in [0.717, 1.165) is 6.08 Å². The van der Waals surface area contributed by atoms with E-state index in [1.807, 2.05) is 6.07 Å². The second-order valence-corrected chi connectivity index (χ2v) is 3.14. The number of hydrogen-bond donors (Lipinski definition) is 4. The number of rotatable bonds is 2. The van der Waals surface area contributed by atoms with Gasteiger partial charge in [-0.2, -0.15) is 0 Å². The van der Waals surface area contributed by atoms with E-state index in [1.165, 1.54) is 5.48 Å². The monoisotopic (exact) mass is 249 g/mol. The second-order valence-electron chi connectivity index (χ2n) is 3.14. The first kappa shape index (κ1) is 13.4. The first-order valence-electron chi connectivity index (χ1n) is 4.83. The number of aromatic hydroxyl groups is 1. The highest BCUT2D eigenvalue weighted by atomic mass is 16.5. The molecule has 0 atom stereocenters. The maximum Gasteiger partial charge on any atom is 0.266 e. The van der Waals surface area contributed by atoms with Gasteiger partial charge in [0, 0.05) is 5.39 Å². The molecule has 0 aliphatic carbocycles. The Morgan fingerprint density at radius 1 is 1.44 bits per heavy atom. The quantitative estimate of drug-likeness (QED) is 0.282. The van der Waals surface area contributed by atoms with Crippen LogP contribution in [0.15, 0.2) is 42.1 Å². The molecule has 0 unspecified atom stereocenters. The van der Waals surface area contributed by atoms with Gasteiger partial charge in [0.1, 0.15) is 0 Å². The summed E-state index contributed by atoms with van der Waals surface area (Å²) in [7, 11) is 0. The summed E-state index contributed by atoms with van der Waals surface area (Å²) in [6.45, 7) is 3.06. The van der Waals surface area contributed by atoms with E-state index in [-0.39, 0.29) is 11.6 Å². The summed E-state index contributed by atoms with van der Waals surface area (Å²) in [5.41, 5.74) is 2.14. The maximum absolute atomic E-state index is 10.3. The van der Waals surface area contributed by atoms with Gasteiger partial charge in [0.05, 0.1) is 5.52 Å². The van der Waals surface area contributed by atoms with Gasteiger partial charge < -0.3 is 10.1 Å². The number of nitrogens with zero attached hydrogens (tertiary/aromatic N) is 1. The number of carbonyl (C=O) groups is 1. The summed E-state index contributed by atoms with van der Waals surface area (Å²) in [6, 6.07) is 7.09. The van der Waals surface area contributed by atoms with Gasteiger partial charge in [-0.25, -0.2) is 5.48 Å². The Balaban J connectivity index is 0.000000232. The van der Waals surface area contributed by atoms with Crippen LogP contribution in [0.2, 0.25) is 0 Å². The van der Waals surface area contributed by atoms with E-state index < -0.39 is 5.91 Å². The molecule has 2 rings (SSSR count). The first-order chi connectivity index (χ1) is 8.63. The van der Waals surface area contributed by atoms with Gasteiger partial charge in [-0.15, -0.1) is 4.91 Å². The minimum absolute atomic E-state index is 0.0746. The van der Waals surface area contributed by atoms with Gasteiger partial charge >= 0.3 is 0 Å². The number of benzene rings is 1. The second kappa shape index (κ2) is 6.16. The molecule has 7 nitrogen and oxygen atoms in total. The molecule has 0 aliphatic rings. The normalized spacial score (nSPS) is 9.17. The van der Waals surface area contributed by atoms with E-state index in [2.05, 4.69) is 16.7 Å². The van der Waals surface area contributed by atoms with Gasteiger partial charge in [0.2, 0.25) is 5.88 Å². The number of nitrogens with one attached hydrogen (secondary N) is 2. The SMILES string of the molecule is C=CC(=O)NO.O=Nc1c(O)[nH]c2ccccc12. The van der Waals surface area contributed by atoms with Crippen molar-refractivity contribution >= 4 is 22.5 Å². The lowest BCUT2D eigenvalue weighted by Gasteiger charge is -1.85. The predicted molar refractivity (Wildman–Crippen MR) is 65.5 cm³/mol. The average molecular weight is 249 g/mol. The van der Waals surface area contributed by atoms with Crippen molar-refractivity contribution in [2.24, 2.45) is 5.18 Å². The third kappa shape index (κ3) is 2.92. The molecule has 0 saturated carbocycles. The van der Waals surface area contributed by atoms with Crippen LogP contribution in [-0.2, 0) is 4.79 Å². The fourth-order valence-corrected chi connectivity index (χ4v) is 1.25. The molecule has 0 spiro atoms. The van der Waals surface area contributed by atoms with Gasteiger partial charge in [0.25, 0.3) is 5.91 Å². The summed E-state index contributed by atoms with van der Waals surface area (Å²) in [6.07, 6.45) is 0.972. The number of hydrogen-bond acceptors (Lipinski definition) is 5. The van der Waals surface area contributed by atoms with Gasteiger partial charge in [-0.1, -0.05) is 24.8 Å². The van der Waals surface area contributed by atoms with E-state index in [1.54, 1.807) is 18.2 Å². The van der Waals surface area contributed by atoms with E-state index in [9.17, 15) is 14.8 Å². The molecule has 1 heterocycles. The molecule has 94 valence electrons. The lowest BCUT2D eigenvalue weighted by atomic mass is 10.2. The van der Waals surface area contributed by atoms with Crippen molar-refractivity contribution in [3.05, 3.63) is 41.8 Å². The van der Waals surface area contributed by atoms with Crippen molar-refractivity contribution in [3.63, 3.8) is 0 Å². The summed E-state index contributed by atoms with van der Waals surface area (Å²) in [5, 5.41) is 20.2. The highest BCUT2D eigenvalue weighted by molar-refractivity contribution is 5.94. The molecule has 2 aromatic rings. The molecule has 18 heavy (non-hydrogen) atoms. The number of H-pyrrole nitrogens is 1. The number of hydroxylamine groups is 1. The Bertz CT molecular complexity index is 577. The van der Waals surface area contributed by atoms with Crippen LogP contribution < -0.4 is 5.48 Å². The zero-order valence-electron chi connectivity index (χ0n) is 9.25. The van der Waals surface area contributed by atoms with Crippen molar-refractivity contribution in [1.82, 2.24) is 10.5 Å². The van der Waals surface area contributed by atoms with Crippen LogP contribution in [0.5, 0.6) is 5.88 Å². The molecule has 4 N–H and O–H groups in total. The molecule has 0 radical (unpaired) electrons. The van der Waals surface area contributed by atoms with Crippen molar-refractivity contribution in [2.75, 3.05) is 0 Å². The van der Waals surface area contributed by atoms with Crippen LogP contribution in [-0.4, -0.2) is 21.2 Å². The lowest BCUT2D eigenvalue weighted by molar-refractivity contribution is -0.124. The zero-order valence-corrected chi connectivity index (χ0v) is 9.25. The van der Waals surface area contributed by atoms with Gasteiger partial charge in [0.15, 0.2) is 5.69 Å². The third-order valence-corrected chi connectivity index (χ3v) is 2.05. The highest BCUT2D eigenvalue weighted by Crippen LogP contribution is 2.34. The lowest BCUT2D eigenvalue weighted by Crippen LogP contribution is -2.14. The predicted octanol–water partition coefficient (Wildman–Crippen LogP) is 1.95. The Morgan fingerprint density at radius 2 is 2.11 bits per heavy atom. The standard InChI is InChI=1S/C8H6N2O2.C3H5NO2/c11-8-7(10-12)5-3-1-2-4-6(5)9-8;1-2-3(5)4-6/h1-4,9,11H;2,6H,1H2,(H,4,5). The first-order valence-corrected chi connectivity index (χ1v) is 4.83. The molecule has 1 aromatic heterocycles. The third-order valence-electron chi connectivity index (χ3n) is 2.05. The molecule has 1 amide bonds. The van der Waals surface area contributed by atoms with Crippen LogP contribution in [0.3, 0.4) is 0 Å². The number of aromatic amines is 1. The van der Waals surface area contributed by atoms with Gasteiger partial charge in [-0.05, 0) is 17.3 Å². The molecule has 7 heteroatoms. The molecule has 0 saturated heterocycles. The molecular formula is C11H11N3O4. The summed E-state index contributed by atoms with van der Waals surface area (Å²) >= 11 is 0. The molecule has 0 fully saturated rings. The van der Waals surface area contributed by atoms with E-state index >= 15 is 0 Å². The fraction of sp³-hybridized carbons (Fsp3) is 0. The Morgan fingerprint density at radius 3 is 2.61 bits per heavy atom. The van der Waals surface area contributed by atoms with Gasteiger partial charge in [-0.3, -0.25) is 10.0 Å². The number of amides is 1. The van der Waals surface area contributed by atoms with Crippen LogP contribution in [0.4, 0.5) is 5.69 Å². The number of carbonyl (C=O) groups excluding carboxylic acids is 1. The highest BCUT2D eigenvalue weighted by Gasteiger charge is 2.09. The van der Waals surface area contributed by atoms with Crippen molar-refractivity contribution in [3.8, 4) is 5.88 Å². The minimum atomic E-state index is -0.588. The summed E-state index contributed by atoms with van der Waals surface area (Å²) in [5.74, 6) is -0.763. The number of aromatic nitrogens is 1. The largest absolute Gasteiger partial charge is 0.493 e. The molecule has 0 bridgehead atoms. The topological polar surface area (TPSA) is 115 Å². The fourth-order valence-electron chi connectivity index (χ4n) is 1.25. The van der Waals surface area contributed by atoms with Crippen LogP contribution in [0.25, 0.3) is 10.9 Å². The van der Waals surface area contributed by atoms with Crippen molar-refractivity contribution < 1.29 is 15.1 Å². The summed E-state index contributed by atoms with van der Waals surface area (Å²) in [4.78, 5) is 22.6. The van der Waals surface area contributed by atoms with Crippen LogP contribution in [0, 0.1) is 4.91 Å². The van der Waals surface area contributed by atoms with E-state index in [4.69, 9.17) is 5.21 Å². The smallest absolute Gasteiger partial charge is 0.266 e. The Kier molecular flexibility index (Phi) is 4.58. The maximum atomic E-state index is 10.3. The van der Waals surface area contributed by atoms with Crippen molar-refractivity contribution in [2.45, 2.75) is 0 Å². The number of fused-ring (bicyclic) bond motifs is 1.